The van der Waals surface area contributed by atoms with Gasteiger partial charge in [-0.05, 0) is 228 Å². The number of aliphatic hydroxyl groups excluding tert-OH is 8. The molecule has 28 heteroatoms. The van der Waals surface area contributed by atoms with Gasteiger partial charge < -0.3 is 78.5 Å². The molecule has 6 aromatic carbocycles. The third kappa shape index (κ3) is 36.2. The minimum absolute atomic E-state index is 0. The number of hydrogen-bond donors (Lipinski definition) is 8. The van der Waals surface area contributed by atoms with Crippen LogP contribution >= 0.6 is 0 Å². The molecule has 24 nitrogen and oxygen atoms in total. The van der Waals surface area contributed by atoms with Crippen LogP contribution in [0.1, 0.15) is 226 Å². The fraction of sp³-hybridized carbons (Fsp3) is 0.410. The van der Waals surface area contributed by atoms with Gasteiger partial charge in [0.2, 0.25) is 0 Å². The van der Waals surface area contributed by atoms with Crippen LogP contribution in [-0.4, -0.2) is 149 Å². The molecular weight excluding hydrogens is 2590 g/mol. The van der Waals surface area contributed by atoms with Gasteiger partial charge in [-0.25, -0.2) is 19.9 Å². The molecule has 0 bridgehead atoms. The first kappa shape index (κ1) is 127. The molecule has 0 fully saturated rings. The van der Waals surface area contributed by atoms with E-state index in [1.54, 1.807) is 32.2 Å². The molecule has 0 saturated carbocycles. The van der Waals surface area contributed by atoms with Crippen LogP contribution in [0.25, 0.3) is 156 Å². The summed E-state index contributed by atoms with van der Waals surface area (Å²) in [7, 11) is 0. The van der Waals surface area contributed by atoms with Gasteiger partial charge in [0.15, 0.2) is 0 Å². The number of rotatable bonds is 22. The topological polar surface area (TPSA) is 369 Å². The van der Waals surface area contributed by atoms with E-state index in [-0.39, 0.29) is 138 Å². The van der Waals surface area contributed by atoms with Gasteiger partial charge in [-0.15, -0.1) is 46.5 Å². The van der Waals surface area contributed by atoms with E-state index in [0.717, 1.165) is 175 Å². The number of fused-ring (bicyclic) bond motifs is 12. The summed E-state index contributed by atoms with van der Waals surface area (Å²) in [5.74, 6) is 2.04. The normalized spacial score (nSPS) is 13.2. The summed E-state index contributed by atoms with van der Waals surface area (Å²) in [4.78, 5) is 52.1. The van der Waals surface area contributed by atoms with Crippen LogP contribution in [0.15, 0.2) is 231 Å². The number of aliphatic hydroxyl groups is 8. The first-order valence-electron chi connectivity index (χ1n) is 50.6. The van der Waals surface area contributed by atoms with Crippen LogP contribution in [-0.2, 0) is 92.3 Å². The first-order valence-corrected chi connectivity index (χ1v) is 50.6. The van der Waals surface area contributed by atoms with Crippen molar-refractivity contribution in [3.8, 4) is 67.3 Å². The Labute approximate surface area is 938 Å². The van der Waals surface area contributed by atoms with E-state index in [0.29, 0.717) is 66.3 Å². The van der Waals surface area contributed by atoms with Gasteiger partial charge >= 0.3 is 0 Å². The molecule has 0 aliphatic heterocycles. The van der Waals surface area contributed by atoms with Crippen LogP contribution in [0.4, 0.5) is 0 Å². The Balaban J connectivity index is 0.000000237. The molecule has 18 aromatic rings. The summed E-state index contributed by atoms with van der Waals surface area (Å²) >= 11 is 0. The van der Waals surface area contributed by atoms with E-state index in [9.17, 15) is 35.7 Å². The Morgan fingerprint density at radius 3 is 1.17 bits per heavy atom. The molecule has 8 atom stereocenters. The standard InChI is InChI=1S/C25H20N3O.C22H14N3O.C19H16N3O.C17H12N3O.2C11H24O2.C9H20O2.C8H18O2.4Ir/c1-25(2,3)23-13-21(27-15-28-23)18-12-20-19-11-17(16-7-5-4-6-8-16)9-10-22(19)29-24(20)26-14-18;1-14-10-20(25-13-24-14)16-11-19-18-9-5-8-17(15-6-3-2-4-7-15)21(18)26-22(19)23-12-16;1-12(2)7-14-9-17(22-11-21-14)13-8-16-15-5-3-4-6-18(15)23-19(16)20-10-13;1-10-11(2)19-9-20-16(10)12-7-14-13-5-3-4-6-15(13)21-17(14)18-8-12;1-10(2,3)8(12)7-9(13)11(4,5)6;1-8(2)5-10(12)7-11(13)6-9(3)4;1-6(2)8(10)5-9(11)7(3)4;1-6(9)5-7(10)8(2,3)4;;;;/h4-13,15H,1-3H3;2-11,13H,1H3;3-6,8-9,11-12H,7H2,1-2H3;3-7,9H,1-2H3;8-9,12-13H,7H2,1-6H3;8-13H,5-7H2,1-4H3;6-11H,5H2,1-4H3;6-7,9-10H,5H2,1-4H3;;;;/q4*-1;;;;;;;;. The molecule has 0 aliphatic rings. The fourth-order valence-corrected chi connectivity index (χ4v) is 15.9. The predicted octanol–water partition coefficient (Wildman–Crippen LogP) is 26.7. The van der Waals surface area contributed by atoms with Crippen LogP contribution in [0.2, 0.25) is 0 Å². The van der Waals surface area contributed by atoms with E-state index >= 15 is 0 Å². The van der Waals surface area contributed by atoms with Crippen molar-refractivity contribution in [1.29, 1.82) is 0 Å². The second kappa shape index (κ2) is 57.6. The third-order valence-corrected chi connectivity index (χ3v) is 25.2. The Morgan fingerprint density at radius 2 is 0.713 bits per heavy atom. The number of furan rings is 4. The molecule has 0 spiro atoms. The third-order valence-electron chi connectivity index (χ3n) is 25.2. The second-order valence-electron chi connectivity index (χ2n) is 44.2. The molecule has 8 unspecified atom stereocenters. The van der Waals surface area contributed by atoms with E-state index < -0.39 is 24.4 Å². The number of benzene rings is 6. The molecule has 808 valence electrons. The zero-order valence-electron chi connectivity index (χ0n) is 91.1. The summed E-state index contributed by atoms with van der Waals surface area (Å²) in [5.41, 5.74) is 21.4. The van der Waals surface area contributed by atoms with Gasteiger partial charge in [0.05, 0.1) is 48.8 Å². The van der Waals surface area contributed by atoms with Crippen molar-refractivity contribution >= 4 is 88.3 Å². The van der Waals surface area contributed by atoms with E-state index in [1.807, 2.05) is 244 Å². The minimum Gasteiger partial charge on any atom is -0.483 e. The molecule has 4 radical (unpaired) electrons. The Bertz CT molecular complexity index is 7190. The molecule has 0 aliphatic carbocycles. The predicted molar refractivity (Wildman–Crippen MR) is 587 cm³/mol. The average molecular weight is 2740 g/mol. The quantitative estimate of drug-likeness (QED) is 0.0292. The Hall–Kier alpha value is -10.3. The number of aryl methyl sites for hydroxylation is 2. The van der Waals surface area contributed by atoms with Gasteiger partial charge in [0, 0.05) is 142 Å². The second-order valence-corrected chi connectivity index (χ2v) is 44.2. The Kier molecular flexibility index (Phi) is 48.6. The van der Waals surface area contributed by atoms with Crippen LogP contribution in [0.3, 0.4) is 0 Å². The SMILES string of the molecule is CC(C)(C)C(O)CC(O)C(C)(C)C.CC(C)(C)c1cc(-c2[c-]nc3oc4ccc(-c5ccccc5)cc4c3c2)ncn1.CC(C)C(O)CC(O)C(C)C.CC(C)CC(O)CC(O)CC(C)C.CC(C)Cc1cc(-c2[c-]nc3oc4ccccc4c3c2)ncn1.CC(O)CC(O)C(C)(C)C.Cc1cc(-c2[c-]nc3oc4c(-c5ccccc5)cccc4c3c2)ncn1.Cc1ncnc(-c2[c-]nc3oc4ccccc4c3c2)c1C.[Ir].[Ir].[Ir].[Ir]. The number of para-hydroxylation sites is 3. The zero-order chi connectivity index (χ0) is 106. The van der Waals surface area contributed by atoms with Gasteiger partial charge in [-0.2, -0.15) is 0 Å². The first-order chi connectivity index (χ1) is 69.0. The molecule has 8 N–H and O–H groups in total. The molecule has 18 rings (SSSR count). The van der Waals surface area contributed by atoms with E-state index in [2.05, 4.69) is 202 Å². The van der Waals surface area contributed by atoms with Crippen molar-refractivity contribution in [3.05, 3.63) is 266 Å². The fourth-order valence-electron chi connectivity index (χ4n) is 15.9. The van der Waals surface area contributed by atoms with Crippen molar-refractivity contribution in [2.75, 3.05) is 0 Å². The average Bonchev–Trinajstić information content (AvgIpc) is 1.67. The zero-order valence-corrected chi connectivity index (χ0v) is 101. The molecule has 150 heavy (non-hydrogen) atoms. The Morgan fingerprint density at radius 1 is 0.313 bits per heavy atom. The number of nitrogens with zero attached hydrogens (tertiary/aromatic N) is 12. The molecule has 0 amide bonds. The summed E-state index contributed by atoms with van der Waals surface area (Å²) in [6, 6.07) is 62.9. The van der Waals surface area contributed by atoms with Crippen molar-refractivity contribution in [1.82, 2.24) is 59.8 Å². The summed E-state index contributed by atoms with van der Waals surface area (Å²) in [6.45, 7) is 52.3. The van der Waals surface area contributed by atoms with Crippen LogP contribution in [0.5, 0.6) is 0 Å². The maximum absolute atomic E-state index is 9.76. The maximum atomic E-state index is 9.76. The molecule has 12 heterocycles. The van der Waals surface area contributed by atoms with Crippen molar-refractivity contribution in [3.63, 3.8) is 0 Å². The van der Waals surface area contributed by atoms with Crippen molar-refractivity contribution < 1.29 is 139 Å². The van der Waals surface area contributed by atoms with Gasteiger partial charge in [-0.1, -0.05) is 292 Å². The largest absolute Gasteiger partial charge is 0.483 e. The summed E-state index contributed by atoms with van der Waals surface area (Å²) in [5, 5.41) is 83.8. The summed E-state index contributed by atoms with van der Waals surface area (Å²) < 4.78 is 23.5. The summed E-state index contributed by atoms with van der Waals surface area (Å²) in [6.07, 6.45) is 19.8. The number of aromatic nitrogens is 12. The smallest absolute Gasteiger partial charge is 0.141 e. The maximum Gasteiger partial charge on any atom is 0.141 e. The van der Waals surface area contributed by atoms with Gasteiger partial charge in [-0.3, -0.25) is 19.9 Å². The van der Waals surface area contributed by atoms with Crippen molar-refractivity contribution in [2.24, 2.45) is 45.8 Å². The number of pyridine rings is 4. The minimum atomic E-state index is -0.443. The van der Waals surface area contributed by atoms with Crippen LogP contribution < -0.4 is 0 Å². The van der Waals surface area contributed by atoms with E-state index in [1.165, 1.54) is 5.56 Å². The van der Waals surface area contributed by atoms with Gasteiger partial charge in [0.25, 0.3) is 0 Å². The molecule has 0 saturated heterocycles. The molecule has 12 aromatic heterocycles. The van der Waals surface area contributed by atoms with E-state index in [4.69, 9.17) is 22.8 Å². The van der Waals surface area contributed by atoms with Crippen molar-refractivity contribution in [2.45, 2.75) is 279 Å². The number of hydrogen-bond acceptors (Lipinski definition) is 24. The van der Waals surface area contributed by atoms with Crippen LogP contribution in [0, 0.1) is 91.4 Å². The monoisotopic (exact) mass is 2740 g/mol. The molecular formula is C122H148Ir4N12O12-4. The van der Waals surface area contributed by atoms with Gasteiger partial charge in [0.1, 0.15) is 70.5 Å².